The first-order chi connectivity index (χ1) is 61.1. The molecule has 0 atom stereocenters. The van der Waals surface area contributed by atoms with E-state index < -0.39 is 37.3 Å². The van der Waals surface area contributed by atoms with Crippen LogP contribution in [0.15, 0.2) is 236 Å². The molecule has 10 rings (SSSR count). The molecule has 0 fully saturated rings. The van der Waals surface area contributed by atoms with Crippen LogP contribution in [0.2, 0.25) is 0 Å². The van der Waals surface area contributed by atoms with Crippen molar-refractivity contribution < 1.29 is 20.6 Å². The largest absolute Gasteiger partial charge is 0.0629 e. The van der Waals surface area contributed by atoms with E-state index >= 15 is 0 Å². The number of rotatable bonds is 11. The van der Waals surface area contributed by atoms with Crippen LogP contribution in [-0.2, 0) is 79.6 Å². The Morgan fingerprint density at radius 2 is 0.504 bits per heavy atom. The number of aryl methyl sites for hydroxylation is 2. The molecule has 0 heteroatoms. The summed E-state index contributed by atoms with van der Waals surface area (Å²) in [5.74, 6) is -0.786. The van der Waals surface area contributed by atoms with E-state index in [4.69, 9.17) is 20.6 Å². The van der Waals surface area contributed by atoms with Gasteiger partial charge in [-0.2, -0.15) is 0 Å². The lowest BCUT2D eigenvalue weighted by Gasteiger charge is -2.33. The van der Waals surface area contributed by atoms with Crippen LogP contribution in [0.1, 0.15) is 424 Å². The van der Waals surface area contributed by atoms with Crippen LogP contribution in [0.3, 0.4) is 0 Å². The van der Waals surface area contributed by atoms with Gasteiger partial charge in [0.2, 0.25) is 0 Å². The molecule has 0 radical (unpaired) electrons. The maximum absolute atomic E-state index is 8.50. The predicted molar refractivity (Wildman–Crippen MR) is 548 cm³/mol. The smallest absolute Gasteiger partial charge is 0.0625 e. The van der Waals surface area contributed by atoms with E-state index in [9.17, 15) is 0 Å². The summed E-state index contributed by atoms with van der Waals surface area (Å²) in [5.41, 5.74) is 22.6. The van der Waals surface area contributed by atoms with Crippen LogP contribution in [0.25, 0.3) is 22.3 Å². The van der Waals surface area contributed by atoms with Gasteiger partial charge in [-0.1, -0.05) is 527 Å². The Labute approximate surface area is 769 Å². The lowest BCUT2D eigenvalue weighted by atomic mass is 9.71. The van der Waals surface area contributed by atoms with Crippen LogP contribution in [0.5, 0.6) is 0 Å². The summed E-state index contributed by atoms with van der Waals surface area (Å²) in [7, 11) is 0. The maximum Gasteiger partial charge on any atom is 0.0629 e. The zero-order chi connectivity index (χ0) is 106. The van der Waals surface area contributed by atoms with E-state index in [2.05, 4.69) is 299 Å². The minimum absolute atomic E-state index is 0.0670. The average Bonchev–Trinajstić information content (AvgIpc) is 0.748. The molecule has 0 amide bonds. The van der Waals surface area contributed by atoms with E-state index in [0.717, 1.165) is 27.8 Å². The molecular formula is C121H178. The van der Waals surface area contributed by atoms with Crippen LogP contribution >= 0.6 is 0 Å². The highest BCUT2D eigenvalue weighted by atomic mass is 14.3. The predicted octanol–water partition coefficient (Wildman–Crippen LogP) is 36.7. The van der Waals surface area contributed by atoms with E-state index in [-0.39, 0.29) is 102 Å². The van der Waals surface area contributed by atoms with Crippen LogP contribution in [-0.4, -0.2) is 0 Å². The fourth-order valence-electron chi connectivity index (χ4n) is 15.2. The summed E-state index contributed by atoms with van der Waals surface area (Å²) in [6.07, 6.45) is -5.90. The Bertz CT molecular complexity index is 5110. The Hall–Kier alpha value is -7.80. The van der Waals surface area contributed by atoms with Crippen molar-refractivity contribution in [3.63, 3.8) is 0 Å². The molecule has 0 bridgehead atoms. The van der Waals surface area contributed by atoms with E-state index in [1.807, 2.05) is 160 Å². The van der Waals surface area contributed by atoms with Crippen molar-refractivity contribution in [3.05, 3.63) is 331 Å². The number of hydrogen-bond donors (Lipinski definition) is 0. The lowest BCUT2D eigenvalue weighted by Crippen LogP contribution is -2.24. The second kappa shape index (κ2) is 46.2. The monoisotopic (exact) mass is 1650 g/mol. The van der Waals surface area contributed by atoms with Crippen molar-refractivity contribution in [2.24, 2.45) is 11.8 Å². The van der Waals surface area contributed by atoms with Crippen molar-refractivity contribution in [1.82, 2.24) is 0 Å². The third-order valence-electron chi connectivity index (χ3n) is 20.7. The second-order valence-electron chi connectivity index (χ2n) is 44.1. The molecule has 0 aliphatic carbocycles. The van der Waals surface area contributed by atoms with Gasteiger partial charge in [-0.3, -0.25) is 0 Å². The third kappa shape index (κ3) is 35.0. The number of benzene rings is 10. The fraction of sp³-hybridized carbons (Fsp3) is 0.504. The third-order valence-corrected chi connectivity index (χ3v) is 20.7. The van der Waals surface area contributed by atoms with Gasteiger partial charge < -0.3 is 0 Å². The van der Waals surface area contributed by atoms with Gasteiger partial charge in [0, 0.05) is 13.7 Å². The highest BCUT2D eigenvalue weighted by Crippen LogP contribution is 2.42. The van der Waals surface area contributed by atoms with Gasteiger partial charge in [-0.15, -0.1) is 0 Å². The van der Waals surface area contributed by atoms with Crippen LogP contribution in [0.4, 0.5) is 0 Å². The highest BCUT2D eigenvalue weighted by molar-refractivity contribution is 5.70. The topological polar surface area (TPSA) is 0 Å². The molecule has 0 nitrogen and oxygen atoms in total. The molecular weight excluding hydrogens is 1450 g/mol. The molecule has 121 heavy (non-hydrogen) atoms. The van der Waals surface area contributed by atoms with Gasteiger partial charge in [-0.25, -0.2) is 0 Å². The van der Waals surface area contributed by atoms with Gasteiger partial charge in [0.05, 0.1) is 6.85 Å². The van der Waals surface area contributed by atoms with E-state index in [1.165, 1.54) is 69.5 Å². The van der Waals surface area contributed by atoms with E-state index in [0.29, 0.717) is 33.7 Å². The summed E-state index contributed by atoms with van der Waals surface area (Å²) in [6.45, 7) is 88.4. The van der Waals surface area contributed by atoms with Crippen molar-refractivity contribution in [2.75, 3.05) is 0 Å². The van der Waals surface area contributed by atoms with Crippen molar-refractivity contribution in [1.29, 1.82) is 0 Å². The molecule has 0 aliphatic rings. The molecule has 0 N–H and O–H groups in total. The molecule has 0 spiro atoms. The number of hydrogen-bond acceptors (Lipinski definition) is 0. The maximum atomic E-state index is 8.50. The minimum atomic E-state index is -1.48. The molecule has 662 valence electrons. The zero-order valence-electron chi connectivity index (χ0n) is 99.4. The molecule has 10 aromatic carbocycles. The second-order valence-corrected chi connectivity index (χ2v) is 44.1. The molecule has 0 unspecified atom stereocenters. The summed E-state index contributed by atoms with van der Waals surface area (Å²) < 4.78 is 122. The molecule has 10 aromatic rings. The summed E-state index contributed by atoms with van der Waals surface area (Å²) in [5, 5.41) is 0. The normalized spacial score (nSPS) is 14.7. The summed E-state index contributed by atoms with van der Waals surface area (Å²) in [6, 6.07) is 68.4. The molecule has 0 aliphatic heterocycles. The van der Waals surface area contributed by atoms with Crippen molar-refractivity contribution >= 4 is 0 Å². The Morgan fingerprint density at radius 3 is 0.810 bits per heavy atom. The highest BCUT2D eigenvalue weighted by Gasteiger charge is 2.30. The summed E-state index contributed by atoms with van der Waals surface area (Å²) in [4.78, 5) is 0. The molecule has 0 heterocycles. The Kier molecular flexibility index (Phi) is 32.1. The lowest BCUT2D eigenvalue weighted by molar-refractivity contribution is 0.521. The Balaban J connectivity index is 0.000000402. The van der Waals surface area contributed by atoms with Gasteiger partial charge in [-0.05, 0) is 226 Å². The first-order valence-electron chi connectivity index (χ1n) is 52.1. The van der Waals surface area contributed by atoms with Gasteiger partial charge in [0.1, 0.15) is 0 Å². The molecule has 0 saturated heterocycles. The molecule has 0 saturated carbocycles. The van der Waals surface area contributed by atoms with Crippen LogP contribution in [0, 0.1) is 11.8 Å². The first-order valence-corrected chi connectivity index (χ1v) is 44.6. The van der Waals surface area contributed by atoms with Gasteiger partial charge >= 0.3 is 0 Å². The standard InChI is InChI=1S/C18H30.C17H28.2C16H18.2C14H22.2C13H20/c1-13(2)11-15-9-8-10-16(12-14(3)4)17(15)18(5,6)7;1-12(2)13-10-9-11-14(16(3,4)5)15(13)17(6,7)8;2*1-16(2,3)15-12-8-7-11-14(15)13-9-5-4-6-10-13;1-13(2,3)11-9-7-8-10-12(11)14(4,5)6;1-6-11-9-8-10-12(7-2)13(11)14(3,4)5;2*1-10(2)11-8-6-7-9-12(11)13(3,4)5/h8-10,13-14H,11-12H2,1-7H3;9-12H,1-8H3;2*4-12H,1-3H3;7-10H,1-6H3;8-10H,6-7H2,1-5H3;2*6-10H,1-5H3/i11D2,12D2;12D;4D,5D,6D,9D,10D;;;6D2,7D2;10D;. The first kappa shape index (κ1) is 84.1. The fourth-order valence-corrected chi connectivity index (χ4v) is 15.2. The van der Waals surface area contributed by atoms with Gasteiger partial charge in [0.25, 0.3) is 0 Å². The van der Waals surface area contributed by atoms with Crippen molar-refractivity contribution in [2.45, 2.75) is 388 Å². The Morgan fingerprint density at radius 1 is 0.240 bits per heavy atom. The van der Waals surface area contributed by atoms with Gasteiger partial charge in [0.15, 0.2) is 0 Å². The van der Waals surface area contributed by atoms with Crippen molar-refractivity contribution in [3.8, 4) is 22.3 Å². The SMILES string of the molecule is CC(C)(C)c1ccccc1-c1ccccc1.CC(C)(C)c1ccccc1C(C)(C)C.CC(C)c1ccccc1C(C)(C)C.[2H]C(C)(C)c1cccc(C(C)(C)C)c1C(C)(C)C.[2H]C(C)(C)c1ccccc1C(C)(C)C.[2H]C([2H])(C)c1cccc(C([2H])([2H])C)c1C(C)(C)C.[2H]C([2H])(c1cccc(C([2H])([2H])C(C)C)c1C(C)(C)C)C(C)C.[2H]c1c([2H])c([2H])c(-c2ccccc2C(C)(C)C)c([2H])c1[2H]. The van der Waals surface area contributed by atoms with E-state index in [1.54, 1.807) is 24.3 Å². The van der Waals surface area contributed by atoms with Crippen LogP contribution < -0.4 is 0 Å². The molecule has 0 aromatic heterocycles. The quantitative estimate of drug-likeness (QED) is 0.121. The average molecular weight is 1650 g/mol. The zero-order valence-corrected chi connectivity index (χ0v) is 84.4. The summed E-state index contributed by atoms with van der Waals surface area (Å²) >= 11 is 0. The minimum Gasteiger partial charge on any atom is -0.0625 e.